The molecule has 6 heteroatoms. The number of H-pyrrole nitrogens is 1. The molecule has 2 aromatic heterocycles. The van der Waals surface area contributed by atoms with Crippen molar-refractivity contribution in [2.45, 2.75) is 13.3 Å². The molecule has 2 heterocycles. The quantitative estimate of drug-likeness (QED) is 0.753. The molecule has 0 saturated carbocycles. The first-order valence-corrected chi connectivity index (χ1v) is 6.91. The van der Waals surface area contributed by atoms with Crippen LogP contribution in [0.2, 0.25) is 0 Å². The molecule has 0 spiro atoms. The molecule has 3 rings (SSSR count). The highest BCUT2D eigenvalue weighted by Gasteiger charge is 2.11. The van der Waals surface area contributed by atoms with Crippen LogP contribution in [0.15, 0.2) is 30.5 Å². The smallest absolute Gasteiger partial charge is 0.225 e. The van der Waals surface area contributed by atoms with E-state index >= 15 is 0 Å². The number of hydrogen-bond donors (Lipinski definition) is 2. The molecule has 0 aliphatic rings. The molecule has 3 aromatic rings. The molecule has 0 saturated heterocycles. The summed E-state index contributed by atoms with van der Waals surface area (Å²) < 4.78 is 5.28. The average Bonchev–Trinajstić information content (AvgIpc) is 3.00. The average molecular weight is 283 g/mol. The van der Waals surface area contributed by atoms with Crippen molar-refractivity contribution < 1.29 is 4.74 Å². The molecule has 0 unspecified atom stereocenters. The third-order valence-corrected chi connectivity index (χ3v) is 3.19. The summed E-state index contributed by atoms with van der Waals surface area (Å²) in [6.45, 7) is 2.93. The predicted molar refractivity (Wildman–Crippen MR) is 82.5 cm³/mol. The Labute approximate surface area is 122 Å². The van der Waals surface area contributed by atoms with Crippen LogP contribution in [0.5, 0.6) is 5.75 Å². The molecule has 1 aromatic carbocycles. The summed E-state index contributed by atoms with van der Waals surface area (Å²) in [7, 11) is 1.65. The number of anilines is 1. The largest absolute Gasteiger partial charge is 0.497 e. The summed E-state index contributed by atoms with van der Waals surface area (Å²) in [5.74, 6) is 1.40. The first-order valence-electron chi connectivity index (χ1n) is 6.91. The minimum absolute atomic E-state index is 0.603. The first-order chi connectivity index (χ1) is 10.3. The van der Waals surface area contributed by atoms with E-state index in [4.69, 9.17) is 4.74 Å². The Kier molecular flexibility index (Phi) is 3.68. The van der Waals surface area contributed by atoms with Crippen LogP contribution < -0.4 is 10.1 Å². The van der Waals surface area contributed by atoms with Crippen molar-refractivity contribution in [1.29, 1.82) is 0 Å². The molecule has 21 heavy (non-hydrogen) atoms. The van der Waals surface area contributed by atoms with E-state index in [2.05, 4.69) is 32.4 Å². The van der Waals surface area contributed by atoms with E-state index in [1.54, 1.807) is 13.3 Å². The van der Waals surface area contributed by atoms with E-state index in [1.807, 2.05) is 24.3 Å². The van der Waals surface area contributed by atoms with Gasteiger partial charge in [0.25, 0.3) is 0 Å². The zero-order valence-electron chi connectivity index (χ0n) is 12.1. The molecule has 0 aliphatic carbocycles. The molecule has 0 fully saturated rings. The number of aromatic nitrogens is 4. The first kappa shape index (κ1) is 13.4. The molecule has 0 bridgehead atoms. The van der Waals surface area contributed by atoms with Gasteiger partial charge >= 0.3 is 0 Å². The van der Waals surface area contributed by atoms with Crippen molar-refractivity contribution in [3.05, 3.63) is 30.5 Å². The van der Waals surface area contributed by atoms with Crippen molar-refractivity contribution in [3.8, 4) is 17.0 Å². The fourth-order valence-corrected chi connectivity index (χ4v) is 2.14. The van der Waals surface area contributed by atoms with Crippen molar-refractivity contribution >= 4 is 17.0 Å². The number of nitrogens with zero attached hydrogens (tertiary/aromatic N) is 3. The third kappa shape index (κ3) is 2.65. The monoisotopic (exact) mass is 283 g/mol. The Bertz CT molecular complexity index is 753. The Hall–Kier alpha value is -2.63. The molecule has 2 N–H and O–H groups in total. The molecule has 6 nitrogen and oxygen atoms in total. The number of aromatic amines is 1. The predicted octanol–water partition coefficient (Wildman–Crippen LogP) is 2.85. The van der Waals surface area contributed by atoms with Gasteiger partial charge in [-0.1, -0.05) is 19.1 Å². The topological polar surface area (TPSA) is 75.7 Å². The SMILES string of the molecule is CCCNc1nc(-c2cccc(OC)c2)c2cn[nH]c2n1. The van der Waals surface area contributed by atoms with E-state index < -0.39 is 0 Å². The van der Waals surface area contributed by atoms with Crippen molar-refractivity contribution in [3.63, 3.8) is 0 Å². The second kappa shape index (κ2) is 5.78. The van der Waals surface area contributed by atoms with Gasteiger partial charge in [0.15, 0.2) is 5.65 Å². The van der Waals surface area contributed by atoms with Crippen LogP contribution in [0.4, 0.5) is 5.95 Å². The van der Waals surface area contributed by atoms with Gasteiger partial charge in [0.05, 0.1) is 24.4 Å². The van der Waals surface area contributed by atoms with Gasteiger partial charge in [0, 0.05) is 12.1 Å². The Morgan fingerprint density at radius 3 is 3.00 bits per heavy atom. The number of rotatable bonds is 5. The van der Waals surface area contributed by atoms with Gasteiger partial charge in [-0.05, 0) is 18.6 Å². The number of methoxy groups -OCH3 is 1. The molecular formula is C15H17N5O. The van der Waals surface area contributed by atoms with Gasteiger partial charge in [0.1, 0.15) is 5.75 Å². The van der Waals surface area contributed by atoms with Crippen LogP contribution in [0.25, 0.3) is 22.3 Å². The molecule has 108 valence electrons. The Balaban J connectivity index is 2.12. The lowest BCUT2D eigenvalue weighted by molar-refractivity contribution is 0.415. The Morgan fingerprint density at radius 2 is 2.19 bits per heavy atom. The summed E-state index contributed by atoms with van der Waals surface area (Å²) in [6, 6.07) is 7.81. The fourth-order valence-electron chi connectivity index (χ4n) is 2.14. The van der Waals surface area contributed by atoms with Gasteiger partial charge in [-0.2, -0.15) is 10.1 Å². The maximum Gasteiger partial charge on any atom is 0.225 e. The van der Waals surface area contributed by atoms with E-state index in [-0.39, 0.29) is 0 Å². The van der Waals surface area contributed by atoms with Crippen LogP contribution in [-0.2, 0) is 0 Å². The van der Waals surface area contributed by atoms with E-state index in [0.717, 1.165) is 41.0 Å². The lowest BCUT2D eigenvalue weighted by atomic mass is 10.1. The van der Waals surface area contributed by atoms with Gasteiger partial charge in [0.2, 0.25) is 5.95 Å². The van der Waals surface area contributed by atoms with E-state index in [1.165, 1.54) is 0 Å². The maximum absolute atomic E-state index is 5.28. The van der Waals surface area contributed by atoms with E-state index in [9.17, 15) is 0 Å². The third-order valence-electron chi connectivity index (χ3n) is 3.19. The molecule has 0 radical (unpaired) electrons. The fraction of sp³-hybridized carbons (Fsp3) is 0.267. The van der Waals surface area contributed by atoms with Crippen LogP contribution in [0.1, 0.15) is 13.3 Å². The zero-order chi connectivity index (χ0) is 14.7. The van der Waals surface area contributed by atoms with Crippen LogP contribution in [0.3, 0.4) is 0 Å². The lowest BCUT2D eigenvalue weighted by Crippen LogP contribution is -2.05. The number of nitrogens with one attached hydrogen (secondary N) is 2. The highest BCUT2D eigenvalue weighted by atomic mass is 16.5. The molecule has 0 atom stereocenters. The maximum atomic E-state index is 5.28. The second-order valence-corrected chi connectivity index (χ2v) is 4.69. The number of benzene rings is 1. The minimum atomic E-state index is 0.603. The summed E-state index contributed by atoms with van der Waals surface area (Å²) in [6.07, 6.45) is 2.76. The van der Waals surface area contributed by atoms with Crippen molar-refractivity contribution in [2.24, 2.45) is 0 Å². The normalized spacial score (nSPS) is 10.8. The molecule has 0 aliphatic heterocycles. The Morgan fingerprint density at radius 1 is 1.29 bits per heavy atom. The molecular weight excluding hydrogens is 266 g/mol. The number of hydrogen-bond acceptors (Lipinski definition) is 5. The number of fused-ring (bicyclic) bond motifs is 1. The van der Waals surface area contributed by atoms with Crippen molar-refractivity contribution in [1.82, 2.24) is 20.2 Å². The van der Waals surface area contributed by atoms with Crippen molar-refractivity contribution in [2.75, 3.05) is 19.0 Å². The summed E-state index contributed by atoms with van der Waals surface area (Å²) in [5, 5.41) is 11.1. The van der Waals surface area contributed by atoms with Gasteiger partial charge in [-0.3, -0.25) is 5.10 Å². The molecule has 0 amide bonds. The second-order valence-electron chi connectivity index (χ2n) is 4.69. The van der Waals surface area contributed by atoms with Crippen LogP contribution in [0, 0.1) is 0 Å². The van der Waals surface area contributed by atoms with Crippen LogP contribution >= 0.6 is 0 Å². The minimum Gasteiger partial charge on any atom is -0.497 e. The summed E-state index contributed by atoms with van der Waals surface area (Å²) in [4.78, 5) is 9.05. The summed E-state index contributed by atoms with van der Waals surface area (Å²) in [5.41, 5.74) is 2.54. The van der Waals surface area contributed by atoms with Gasteiger partial charge in [-0.25, -0.2) is 4.98 Å². The van der Waals surface area contributed by atoms with Gasteiger partial charge < -0.3 is 10.1 Å². The van der Waals surface area contributed by atoms with E-state index in [0.29, 0.717) is 5.95 Å². The highest BCUT2D eigenvalue weighted by Crippen LogP contribution is 2.28. The van der Waals surface area contributed by atoms with Gasteiger partial charge in [-0.15, -0.1) is 0 Å². The standard InChI is InChI=1S/C15H17N5O/c1-3-7-16-15-18-13(12-9-17-20-14(12)19-15)10-5-4-6-11(8-10)21-2/h4-6,8-9H,3,7H2,1-2H3,(H2,16,17,18,19,20). The zero-order valence-corrected chi connectivity index (χ0v) is 12.1. The number of ether oxygens (including phenoxy) is 1. The summed E-state index contributed by atoms with van der Waals surface area (Å²) >= 11 is 0. The lowest BCUT2D eigenvalue weighted by Gasteiger charge is -2.08. The van der Waals surface area contributed by atoms with Crippen LogP contribution in [-0.4, -0.2) is 33.8 Å². The highest BCUT2D eigenvalue weighted by molar-refractivity contribution is 5.90.